The Hall–Kier alpha value is -3.07. The van der Waals surface area contributed by atoms with Crippen LogP contribution in [0.2, 0.25) is 10.0 Å². The third-order valence-corrected chi connectivity index (χ3v) is 6.94. The van der Waals surface area contributed by atoms with Gasteiger partial charge in [-0.1, -0.05) is 46.7 Å². The number of thiazole rings is 1. The SMILES string of the molecule is COC(=O)C1=C(C)N=c2s/c(=C/c3ccc(Cl)cc3Cl)c(=O)n2C1c1ccc(OC)c(OC)c1. The fourth-order valence-electron chi connectivity index (χ4n) is 3.79. The van der Waals surface area contributed by atoms with Gasteiger partial charge in [-0.2, -0.15) is 0 Å². The zero-order valence-electron chi connectivity index (χ0n) is 18.7. The van der Waals surface area contributed by atoms with Gasteiger partial charge in [0, 0.05) is 10.0 Å². The van der Waals surface area contributed by atoms with Gasteiger partial charge in [0.25, 0.3) is 5.56 Å². The van der Waals surface area contributed by atoms with Crippen molar-refractivity contribution in [2.45, 2.75) is 13.0 Å². The summed E-state index contributed by atoms with van der Waals surface area (Å²) in [6.45, 7) is 1.72. The molecule has 0 spiro atoms. The third kappa shape index (κ3) is 4.24. The predicted molar refractivity (Wildman–Crippen MR) is 132 cm³/mol. The standard InChI is InChI=1S/C24H20Cl2N2O5S/c1-12-20(23(30)33-4)21(14-6-8-17(31-2)18(9-14)32-3)28-22(29)19(34-24(28)27-12)10-13-5-7-15(25)11-16(13)26/h5-11,21H,1-4H3/b19-10+. The Labute approximate surface area is 209 Å². The zero-order chi connectivity index (χ0) is 24.6. The lowest BCUT2D eigenvalue weighted by molar-refractivity contribution is -0.136. The van der Waals surface area contributed by atoms with Gasteiger partial charge < -0.3 is 14.2 Å². The van der Waals surface area contributed by atoms with Crippen LogP contribution in [0.1, 0.15) is 24.1 Å². The highest BCUT2D eigenvalue weighted by molar-refractivity contribution is 7.07. The summed E-state index contributed by atoms with van der Waals surface area (Å²) in [5.74, 6) is 0.418. The second-order valence-corrected chi connectivity index (χ2v) is 9.21. The summed E-state index contributed by atoms with van der Waals surface area (Å²) in [6, 6.07) is 9.51. The normalized spacial score (nSPS) is 15.6. The molecule has 1 atom stereocenters. The van der Waals surface area contributed by atoms with E-state index >= 15 is 0 Å². The molecule has 0 saturated heterocycles. The maximum absolute atomic E-state index is 13.6. The Morgan fingerprint density at radius 1 is 1.09 bits per heavy atom. The molecule has 34 heavy (non-hydrogen) atoms. The van der Waals surface area contributed by atoms with Crippen LogP contribution in [-0.2, 0) is 9.53 Å². The van der Waals surface area contributed by atoms with Crippen LogP contribution in [0.4, 0.5) is 0 Å². The van der Waals surface area contributed by atoms with Gasteiger partial charge in [0.15, 0.2) is 16.3 Å². The van der Waals surface area contributed by atoms with Gasteiger partial charge in [-0.25, -0.2) is 9.79 Å². The van der Waals surface area contributed by atoms with E-state index in [4.69, 9.17) is 37.4 Å². The number of fused-ring (bicyclic) bond motifs is 1. The number of aromatic nitrogens is 1. The quantitative estimate of drug-likeness (QED) is 0.480. The first-order valence-electron chi connectivity index (χ1n) is 10.1. The second kappa shape index (κ2) is 9.66. The number of esters is 1. The number of halogens is 2. The predicted octanol–water partition coefficient (Wildman–Crippen LogP) is 3.73. The lowest BCUT2D eigenvalue weighted by Crippen LogP contribution is -2.39. The van der Waals surface area contributed by atoms with Crippen molar-refractivity contribution in [1.29, 1.82) is 0 Å². The van der Waals surface area contributed by atoms with E-state index in [0.29, 0.717) is 47.7 Å². The summed E-state index contributed by atoms with van der Waals surface area (Å²) in [5, 5.41) is 0.914. The molecule has 0 radical (unpaired) electrons. The molecular formula is C24H20Cl2N2O5S. The van der Waals surface area contributed by atoms with Crippen molar-refractivity contribution >= 4 is 46.6 Å². The van der Waals surface area contributed by atoms with Crippen LogP contribution in [0.3, 0.4) is 0 Å². The van der Waals surface area contributed by atoms with Crippen LogP contribution in [0.5, 0.6) is 11.5 Å². The molecule has 1 aliphatic heterocycles. The van der Waals surface area contributed by atoms with Gasteiger partial charge in [-0.05, 0) is 48.4 Å². The smallest absolute Gasteiger partial charge is 0.338 e. The van der Waals surface area contributed by atoms with E-state index in [1.165, 1.54) is 37.2 Å². The van der Waals surface area contributed by atoms with Crippen LogP contribution in [0.25, 0.3) is 6.08 Å². The number of ether oxygens (including phenoxy) is 3. The monoisotopic (exact) mass is 518 g/mol. The van der Waals surface area contributed by atoms with Crippen LogP contribution in [0, 0.1) is 0 Å². The molecule has 1 unspecified atom stereocenters. The Morgan fingerprint density at radius 2 is 1.82 bits per heavy atom. The first kappa shape index (κ1) is 24.1. The van der Waals surface area contributed by atoms with E-state index in [9.17, 15) is 9.59 Å². The van der Waals surface area contributed by atoms with E-state index in [2.05, 4.69) is 4.99 Å². The lowest BCUT2D eigenvalue weighted by atomic mass is 9.95. The summed E-state index contributed by atoms with van der Waals surface area (Å²) in [7, 11) is 4.35. The van der Waals surface area contributed by atoms with E-state index in [-0.39, 0.29) is 11.1 Å². The lowest BCUT2D eigenvalue weighted by Gasteiger charge is -2.25. The van der Waals surface area contributed by atoms with Crippen molar-refractivity contribution < 1.29 is 19.0 Å². The average Bonchev–Trinajstić information content (AvgIpc) is 3.13. The molecular weight excluding hydrogens is 499 g/mol. The van der Waals surface area contributed by atoms with E-state index in [1.807, 2.05) is 0 Å². The number of hydrogen-bond acceptors (Lipinski definition) is 7. The van der Waals surface area contributed by atoms with Crippen molar-refractivity contribution in [3.05, 3.63) is 88.5 Å². The fourth-order valence-corrected chi connectivity index (χ4v) is 5.29. The highest BCUT2D eigenvalue weighted by Gasteiger charge is 2.33. The Bertz CT molecular complexity index is 1510. The molecule has 1 aromatic heterocycles. The van der Waals surface area contributed by atoms with Crippen molar-refractivity contribution in [1.82, 2.24) is 4.57 Å². The molecule has 0 saturated carbocycles. The molecule has 0 aliphatic carbocycles. The molecule has 2 aromatic carbocycles. The molecule has 3 aromatic rings. The van der Waals surface area contributed by atoms with Gasteiger partial charge in [0.1, 0.15) is 0 Å². The molecule has 7 nitrogen and oxygen atoms in total. The zero-order valence-corrected chi connectivity index (χ0v) is 21.0. The molecule has 0 N–H and O–H groups in total. The summed E-state index contributed by atoms with van der Waals surface area (Å²) in [4.78, 5) is 31.4. The molecule has 176 valence electrons. The van der Waals surface area contributed by atoms with Gasteiger partial charge in [0.05, 0.1) is 43.2 Å². The first-order valence-corrected chi connectivity index (χ1v) is 11.6. The third-order valence-electron chi connectivity index (χ3n) is 5.40. The summed E-state index contributed by atoms with van der Waals surface area (Å²) in [6.07, 6.45) is 1.69. The van der Waals surface area contributed by atoms with Crippen LogP contribution in [0.15, 0.2) is 57.5 Å². The first-order chi connectivity index (χ1) is 16.3. The van der Waals surface area contributed by atoms with Crippen LogP contribution >= 0.6 is 34.5 Å². The number of rotatable bonds is 5. The summed E-state index contributed by atoms with van der Waals surface area (Å²) >= 11 is 13.5. The summed E-state index contributed by atoms with van der Waals surface area (Å²) < 4.78 is 17.7. The molecule has 0 bridgehead atoms. The van der Waals surface area contributed by atoms with Crippen LogP contribution < -0.4 is 24.4 Å². The van der Waals surface area contributed by atoms with Crippen molar-refractivity contribution in [2.24, 2.45) is 4.99 Å². The minimum Gasteiger partial charge on any atom is -0.493 e. The van der Waals surface area contributed by atoms with Gasteiger partial charge in [-0.3, -0.25) is 9.36 Å². The Balaban J connectivity index is 1.99. The molecule has 1 aliphatic rings. The number of benzene rings is 2. The largest absolute Gasteiger partial charge is 0.493 e. The highest BCUT2D eigenvalue weighted by atomic mass is 35.5. The minimum absolute atomic E-state index is 0.262. The second-order valence-electron chi connectivity index (χ2n) is 7.35. The maximum atomic E-state index is 13.6. The fraction of sp³-hybridized carbons (Fsp3) is 0.208. The van der Waals surface area contributed by atoms with E-state index in [0.717, 1.165) is 0 Å². The van der Waals surface area contributed by atoms with Gasteiger partial charge in [0.2, 0.25) is 0 Å². The van der Waals surface area contributed by atoms with Crippen LogP contribution in [-0.4, -0.2) is 31.9 Å². The van der Waals surface area contributed by atoms with Gasteiger partial charge >= 0.3 is 5.97 Å². The van der Waals surface area contributed by atoms with Crippen molar-refractivity contribution in [3.63, 3.8) is 0 Å². The average molecular weight is 519 g/mol. The van der Waals surface area contributed by atoms with E-state index in [1.54, 1.807) is 49.4 Å². The molecule has 0 amide bonds. The number of allylic oxidation sites excluding steroid dienone is 1. The molecule has 2 heterocycles. The number of carbonyl (C=O) groups excluding carboxylic acids is 1. The number of hydrogen-bond donors (Lipinski definition) is 0. The highest BCUT2D eigenvalue weighted by Crippen LogP contribution is 2.36. The number of carbonyl (C=O) groups is 1. The Kier molecular flexibility index (Phi) is 6.84. The molecule has 10 heteroatoms. The number of methoxy groups -OCH3 is 3. The molecule has 0 fully saturated rings. The maximum Gasteiger partial charge on any atom is 0.338 e. The van der Waals surface area contributed by atoms with Crippen molar-refractivity contribution in [2.75, 3.05) is 21.3 Å². The molecule has 4 rings (SSSR count). The summed E-state index contributed by atoms with van der Waals surface area (Å²) in [5.41, 5.74) is 1.69. The topological polar surface area (TPSA) is 79.1 Å². The van der Waals surface area contributed by atoms with Gasteiger partial charge in [-0.15, -0.1) is 0 Å². The van der Waals surface area contributed by atoms with Crippen molar-refractivity contribution in [3.8, 4) is 11.5 Å². The van der Waals surface area contributed by atoms with E-state index < -0.39 is 12.0 Å². The number of nitrogens with zero attached hydrogens (tertiary/aromatic N) is 2. The minimum atomic E-state index is -0.772. The Morgan fingerprint density at radius 3 is 2.47 bits per heavy atom.